The molecule has 0 saturated carbocycles. The Balaban J connectivity index is 1.44. The number of pyridine rings is 1. The lowest BCUT2D eigenvalue weighted by atomic mass is 9.88. The van der Waals surface area contributed by atoms with E-state index in [-0.39, 0.29) is 11.8 Å². The molecule has 31 heavy (non-hydrogen) atoms. The predicted octanol–water partition coefficient (Wildman–Crippen LogP) is 4.00. The minimum absolute atomic E-state index is 0.0155. The molecule has 3 aromatic rings. The van der Waals surface area contributed by atoms with Gasteiger partial charge in [-0.3, -0.25) is 14.7 Å². The van der Waals surface area contributed by atoms with E-state index < -0.39 is 0 Å². The smallest absolute Gasteiger partial charge is 0.224 e. The monoisotopic (exact) mass is 420 g/mol. The highest BCUT2D eigenvalue weighted by Gasteiger charge is 2.32. The summed E-state index contributed by atoms with van der Waals surface area (Å²) in [4.78, 5) is 22.8. The van der Waals surface area contributed by atoms with Gasteiger partial charge in [-0.15, -0.1) is 0 Å². The van der Waals surface area contributed by atoms with Crippen LogP contribution in [-0.2, 0) is 11.3 Å². The standard InChI is InChI=1S/C25H32N4O2/c1-2-3-11-27-25(30)20-12-19(18-31-22-7-6-10-26-14-22)15-29(16-20)17-21-13-28-24-9-5-4-8-23(21)24/h4-10,13-14,19-20,28H,2-3,11-12,15-18H2,1H3,(H,27,30)/t19-,20+/m0/s1. The number of nitrogens with one attached hydrogen (secondary N) is 2. The Hall–Kier alpha value is -2.86. The molecule has 0 radical (unpaired) electrons. The summed E-state index contributed by atoms with van der Waals surface area (Å²) in [5.41, 5.74) is 2.43. The number of hydrogen-bond donors (Lipinski definition) is 2. The van der Waals surface area contributed by atoms with Crippen molar-refractivity contribution >= 4 is 16.8 Å². The fourth-order valence-corrected chi connectivity index (χ4v) is 4.43. The average molecular weight is 421 g/mol. The van der Waals surface area contributed by atoms with Crippen LogP contribution >= 0.6 is 0 Å². The van der Waals surface area contributed by atoms with Crippen molar-refractivity contribution in [2.45, 2.75) is 32.7 Å². The van der Waals surface area contributed by atoms with Crippen LogP contribution in [-0.4, -0.2) is 47.0 Å². The molecule has 1 aromatic carbocycles. The molecular formula is C25H32N4O2. The van der Waals surface area contributed by atoms with Gasteiger partial charge in [0.05, 0.1) is 18.7 Å². The predicted molar refractivity (Wildman–Crippen MR) is 123 cm³/mol. The Morgan fingerprint density at radius 1 is 1.26 bits per heavy atom. The van der Waals surface area contributed by atoms with Gasteiger partial charge in [-0.05, 0) is 36.6 Å². The van der Waals surface area contributed by atoms with Crippen LogP contribution in [0, 0.1) is 11.8 Å². The first kappa shape index (κ1) is 21.4. The highest BCUT2D eigenvalue weighted by Crippen LogP contribution is 2.27. The number of rotatable bonds is 9. The molecular weight excluding hydrogens is 388 g/mol. The van der Waals surface area contributed by atoms with E-state index in [0.717, 1.165) is 56.7 Å². The second kappa shape index (κ2) is 10.4. The maximum Gasteiger partial charge on any atom is 0.224 e. The van der Waals surface area contributed by atoms with Crippen LogP contribution in [0.3, 0.4) is 0 Å². The van der Waals surface area contributed by atoms with Crippen molar-refractivity contribution in [1.82, 2.24) is 20.2 Å². The molecule has 6 nitrogen and oxygen atoms in total. The lowest BCUT2D eigenvalue weighted by molar-refractivity contribution is -0.127. The van der Waals surface area contributed by atoms with E-state index >= 15 is 0 Å². The number of para-hydroxylation sites is 1. The molecule has 2 atom stereocenters. The average Bonchev–Trinajstić information content (AvgIpc) is 3.21. The van der Waals surface area contributed by atoms with E-state index in [9.17, 15) is 4.79 Å². The Labute approximate surface area is 184 Å². The minimum Gasteiger partial charge on any atom is -0.492 e. The summed E-state index contributed by atoms with van der Waals surface area (Å²) >= 11 is 0. The molecule has 164 valence electrons. The summed E-state index contributed by atoms with van der Waals surface area (Å²) in [6.07, 6.45) is 8.53. The fraction of sp³-hybridized carbons (Fsp3) is 0.440. The summed E-state index contributed by atoms with van der Waals surface area (Å²) in [7, 11) is 0. The molecule has 1 aliphatic heterocycles. The molecule has 1 saturated heterocycles. The fourth-order valence-electron chi connectivity index (χ4n) is 4.43. The zero-order valence-corrected chi connectivity index (χ0v) is 18.2. The van der Waals surface area contributed by atoms with Gasteiger partial charge in [-0.1, -0.05) is 31.5 Å². The maximum atomic E-state index is 12.9. The third-order valence-corrected chi connectivity index (χ3v) is 6.00. The Morgan fingerprint density at radius 3 is 3.00 bits per heavy atom. The van der Waals surface area contributed by atoms with Gasteiger partial charge in [0, 0.05) is 55.4 Å². The first-order valence-corrected chi connectivity index (χ1v) is 11.3. The number of H-pyrrole nitrogens is 1. The van der Waals surface area contributed by atoms with Crippen molar-refractivity contribution in [1.29, 1.82) is 0 Å². The van der Waals surface area contributed by atoms with E-state index in [2.05, 4.69) is 51.5 Å². The molecule has 1 aliphatic rings. The number of benzene rings is 1. The summed E-state index contributed by atoms with van der Waals surface area (Å²) in [5, 5.41) is 4.38. The molecule has 0 spiro atoms. The number of aromatic nitrogens is 2. The Morgan fingerprint density at radius 2 is 2.16 bits per heavy atom. The van der Waals surface area contributed by atoms with Crippen LogP contribution in [0.4, 0.5) is 0 Å². The maximum absolute atomic E-state index is 12.9. The summed E-state index contributed by atoms with van der Waals surface area (Å²) in [5.74, 6) is 1.23. The molecule has 6 heteroatoms. The molecule has 1 amide bonds. The van der Waals surface area contributed by atoms with Gasteiger partial charge >= 0.3 is 0 Å². The minimum atomic E-state index is -0.0155. The van der Waals surface area contributed by atoms with Gasteiger partial charge in [-0.25, -0.2) is 0 Å². The van der Waals surface area contributed by atoms with Gasteiger partial charge in [0.15, 0.2) is 0 Å². The molecule has 0 unspecified atom stereocenters. The number of ether oxygens (including phenoxy) is 1. The number of amides is 1. The number of unbranched alkanes of at least 4 members (excludes halogenated alkanes) is 1. The third kappa shape index (κ3) is 5.64. The number of aromatic amines is 1. The SMILES string of the molecule is CCCCNC(=O)[C@@H]1C[C@H](COc2cccnc2)CN(Cc2c[nH]c3ccccc23)C1. The van der Waals surface area contributed by atoms with E-state index in [1.807, 2.05) is 18.2 Å². The van der Waals surface area contributed by atoms with Gasteiger partial charge in [-0.2, -0.15) is 0 Å². The second-order valence-corrected chi connectivity index (χ2v) is 8.50. The number of fused-ring (bicyclic) bond motifs is 1. The Bertz CT molecular complexity index is 972. The summed E-state index contributed by atoms with van der Waals surface area (Å²) in [6.45, 7) is 6.01. The van der Waals surface area contributed by atoms with Crippen molar-refractivity contribution in [2.24, 2.45) is 11.8 Å². The van der Waals surface area contributed by atoms with E-state index in [1.54, 1.807) is 12.4 Å². The van der Waals surface area contributed by atoms with Crippen LogP contribution in [0.15, 0.2) is 55.0 Å². The van der Waals surface area contributed by atoms with Crippen LogP contribution in [0.5, 0.6) is 5.75 Å². The van der Waals surface area contributed by atoms with Crippen LogP contribution in [0.1, 0.15) is 31.7 Å². The van der Waals surface area contributed by atoms with Gasteiger partial charge in [0.25, 0.3) is 0 Å². The van der Waals surface area contributed by atoms with E-state index in [0.29, 0.717) is 12.5 Å². The lowest BCUT2D eigenvalue weighted by Crippen LogP contribution is -2.47. The molecule has 2 N–H and O–H groups in total. The van der Waals surface area contributed by atoms with E-state index in [4.69, 9.17) is 4.74 Å². The van der Waals surface area contributed by atoms with Crippen molar-refractivity contribution in [2.75, 3.05) is 26.2 Å². The number of nitrogens with zero attached hydrogens (tertiary/aromatic N) is 2. The molecule has 1 fully saturated rings. The Kier molecular flexibility index (Phi) is 7.20. The number of carbonyl (C=O) groups is 1. The highest BCUT2D eigenvalue weighted by atomic mass is 16.5. The zero-order valence-electron chi connectivity index (χ0n) is 18.2. The quantitative estimate of drug-likeness (QED) is 0.514. The molecule has 0 aliphatic carbocycles. The van der Waals surface area contributed by atoms with Crippen molar-refractivity contribution < 1.29 is 9.53 Å². The first-order valence-electron chi connectivity index (χ1n) is 11.3. The van der Waals surface area contributed by atoms with E-state index in [1.165, 1.54) is 10.9 Å². The molecule has 4 rings (SSSR count). The first-order chi connectivity index (χ1) is 15.2. The summed E-state index contributed by atoms with van der Waals surface area (Å²) < 4.78 is 6.00. The van der Waals surface area contributed by atoms with Crippen LogP contribution in [0.25, 0.3) is 10.9 Å². The second-order valence-electron chi connectivity index (χ2n) is 8.50. The van der Waals surface area contributed by atoms with Gasteiger partial charge in [0.1, 0.15) is 5.75 Å². The number of hydrogen-bond acceptors (Lipinski definition) is 4. The topological polar surface area (TPSA) is 70.2 Å². The highest BCUT2D eigenvalue weighted by molar-refractivity contribution is 5.83. The van der Waals surface area contributed by atoms with Crippen molar-refractivity contribution in [3.8, 4) is 5.75 Å². The normalized spacial score (nSPS) is 19.4. The van der Waals surface area contributed by atoms with Crippen molar-refractivity contribution in [3.05, 3.63) is 60.6 Å². The van der Waals surface area contributed by atoms with Gasteiger partial charge in [0.2, 0.25) is 5.91 Å². The molecule has 2 aromatic heterocycles. The van der Waals surface area contributed by atoms with Crippen molar-refractivity contribution in [3.63, 3.8) is 0 Å². The largest absolute Gasteiger partial charge is 0.492 e. The number of piperidine rings is 1. The number of likely N-dealkylation sites (tertiary alicyclic amines) is 1. The zero-order chi connectivity index (χ0) is 21.5. The molecule has 3 heterocycles. The van der Waals surface area contributed by atoms with Crippen LogP contribution in [0.2, 0.25) is 0 Å². The molecule has 0 bridgehead atoms. The van der Waals surface area contributed by atoms with Crippen LogP contribution < -0.4 is 10.1 Å². The van der Waals surface area contributed by atoms with Gasteiger partial charge < -0.3 is 15.0 Å². The summed E-state index contributed by atoms with van der Waals surface area (Å²) in [6, 6.07) is 12.2. The lowest BCUT2D eigenvalue weighted by Gasteiger charge is -2.37. The number of carbonyl (C=O) groups excluding carboxylic acids is 1. The third-order valence-electron chi connectivity index (χ3n) is 6.00.